The standard InChI is InChI=1S/C19H32O8/c1-3-4-5-6-12-11(9-15(21)25-2)7-8-13(12)26-19-18(24)17(23)16(22)14(10-20)27-19/h4-5,11-14,16-20,22-24H,3,6-10H2,1-2H3/b5-4-/t11-,12+,13-,14+,16+,17-,18+,19+/m0/s1. The predicted octanol–water partition coefficient (Wildman–Crippen LogP) is 0.117. The summed E-state index contributed by atoms with van der Waals surface area (Å²) in [7, 11) is 1.37. The van der Waals surface area contributed by atoms with Gasteiger partial charge in [0.1, 0.15) is 24.4 Å². The molecule has 2 fully saturated rings. The quantitative estimate of drug-likeness (QED) is 0.341. The van der Waals surface area contributed by atoms with Gasteiger partial charge in [-0.1, -0.05) is 19.1 Å². The summed E-state index contributed by atoms with van der Waals surface area (Å²) < 4.78 is 16.2. The third-order valence-electron chi connectivity index (χ3n) is 5.53. The minimum absolute atomic E-state index is 0.0410. The summed E-state index contributed by atoms with van der Waals surface area (Å²) in [5, 5.41) is 39.3. The van der Waals surface area contributed by atoms with Crippen LogP contribution in [0.4, 0.5) is 0 Å². The molecule has 0 aromatic carbocycles. The van der Waals surface area contributed by atoms with Gasteiger partial charge in [-0.3, -0.25) is 4.79 Å². The third-order valence-corrected chi connectivity index (χ3v) is 5.53. The minimum atomic E-state index is -1.47. The summed E-state index contributed by atoms with van der Waals surface area (Å²) in [4.78, 5) is 11.7. The summed E-state index contributed by atoms with van der Waals surface area (Å²) in [5.41, 5.74) is 0. The zero-order valence-corrected chi connectivity index (χ0v) is 15.9. The van der Waals surface area contributed by atoms with Gasteiger partial charge in [0.2, 0.25) is 0 Å². The first kappa shape index (κ1) is 22.3. The molecule has 0 aromatic heterocycles. The van der Waals surface area contributed by atoms with E-state index in [1.807, 2.05) is 6.92 Å². The van der Waals surface area contributed by atoms with Gasteiger partial charge in [0, 0.05) is 6.42 Å². The number of aliphatic hydroxyl groups excluding tert-OH is 4. The van der Waals surface area contributed by atoms with Gasteiger partial charge in [-0.15, -0.1) is 0 Å². The van der Waals surface area contributed by atoms with Crippen molar-refractivity contribution in [3.63, 3.8) is 0 Å². The highest BCUT2D eigenvalue weighted by Crippen LogP contribution is 2.40. The number of allylic oxidation sites excluding steroid dienone is 2. The number of esters is 1. The maximum Gasteiger partial charge on any atom is 0.305 e. The molecular weight excluding hydrogens is 356 g/mol. The van der Waals surface area contributed by atoms with Crippen LogP contribution < -0.4 is 0 Å². The molecule has 2 rings (SSSR count). The van der Waals surface area contributed by atoms with Crippen LogP contribution in [0, 0.1) is 11.8 Å². The fraction of sp³-hybridized carbons (Fsp3) is 0.842. The average molecular weight is 388 g/mol. The number of carbonyl (C=O) groups excluding carboxylic acids is 1. The van der Waals surface area contributed by atoms with Crippen LogP contribution in [0.2, 0.25) is 0 Å². The molecular formula is C19H32O8. The molecule has 1 aliphatic carbocycles. The molecule has 0 amide bonds. The van der Waals surface area contributed by atoms with Gasteiger partial charge < -0.3 is 34.6 Å². The molecule has 0 aromatic rings. The van der Waals surface area contributed by atoms with Crippen molar-refractivity contribution in [1.29, 1.82) is 0 Å². The first-order chi connectivity index (χ1) is 12.9. The molecule has 27 heavy (non-hydrogen) atoms. The van der Waals surface area contributed by atoms with E-state index in [-0.39, 0.29) is 23.9 Å². The van der Waals surface area contributed by atoms with Gasteiger partial charge >= 0.3 is 5.97 Å². The summed E-state index contributed by atoms with van der Waals surface area (Å²) in [6.45, 7) is 1.54. The molecule has 0 bridgehead atoms. The Labute approximate surface area is 159 Å². The molecule has 0 unspecified atom stereocenters. The largest absolute Gasteiger partial charge is 0.469 e. The zero-order chi connectivity index (χ0) is 20.0. The number of hydrogen-bond donors (Lipinski definition) is 4. The van der Waals surface area contributed by atoms with Gasteiger partial charge in [0.05, 0.1) is 19.8 Å². The van der Waals surface area contributed by atoms with Crippen molar-refractivity contribution in [2.24, 2.45) is 11.8 Å². The number of ether oxygens (including phenoxy) is 3. The van der Waals surface area contributed by atoms with Crippen molar-refractivity contribution in [2.75, 3.05) is 13.7 Å². The SMILES string of the molecule is CC/C=C\C[C@@H]1[C@H](CC(=O)OC)CC[C@@H]1O[C@@H]1O[C@H](CO)[C@@H](O)[C@H](O)[C@H]1O. The van der Waals surface area contributed by atoms with Crippen molar-refractivity contribution >= 4 is 5.97 Å². The Bertz CT molecular complexity index is 494. The maximum absolute atomic E-state index is 11.7. The van der Waals surface area contributed by atoms with E-state index in [1.54, 1.807) is 0 Å². The second-order valence-electron chi connectivity index (χ2n) is 7.27. The van der Waals surface area contributed by atoms with E-state index < -0.39 is 37.3 Å². The topological polar surface area (TPSA) is 126 Å². The maximum atomic E-state index is 11.7. The van der Waals surface area contributed by atoms with Crippen LogP contribution in [0.1, 0.15) is 39.0 Å². The Balaban J connectivity index is 2.07. The summed E-state index contributed by atoms with van der Waals surface area (Å²) in [6.07, 6.45) is 0.775. The second-order valence-corrected chi connectivity index (χ2v) is 7.27. The van der Waals surface area contributed by atoms with Gasteiger partial charge in [-0.05, 0) is 37.5 Å². The van der Waals surface area contributed by atoms with Crippen LogP contribution in [-0.2, 0) is 19.0 Å². The molecule has 1 heterocycles. The lowest BCUT2D eigenvalue weighted by molar-refractivity contribution is -0.313. The lowest BCUT2D eigenvalue weighted by atomic mass is 9.88. The first-order valence-corrected chi connectivity index (χ1v) is 9.60. The second kappa shape index (κ2) is 10.5. The molecule has 0 spiro atoms. The molecule has 0 radical (unpaired) electrons. The minimum Gasteiger partial charge on any atom is -0.469 e. The normalized spacial score (nSPS) is 39.8. The van der Waals surface area contributed by atoms with Gasteiger partial charge in [0.15, 0.2) is 6.29 Å². The molecule has 4 N–H and O–H groups in total. The lowest BCUT2D eigenvalue weighted by Crippen LogP contribution is -2.59. The van der Waals surface area contributed by atoms with E-state index in [4.69, 9.17) is 14.2 Å². The molecule has 1 saturated carbocycles. The van der Waals surface area contributed by atoms with E-state index >= 15 is 0 Å². The van der Waals surface area contributed by atoms with Crippen molar-refractivity contribution in [3.8, 4) is 0 Å². The highest BCUT2D eigenvalue weighted by atomic mass is 16.7. The number of carbonyl (C=O) groups is 1. The Morgan fingerprint density at radius 1 is 1.15 bits per heavy atom. The lowest BCUT2D eigenvalue weighted by Gasteiger charge is -2.41. The van der Waals surface area contributed by atoms with E-state index in [1.165, 1.54) is 7.11 Å². The summed E-state index contributed by atoms with van der Waals surface area (Å²) in [5.74, 6) is -0.133. The van der Waals surface area contributed by atoms with Crippen LogP contribution >= 0.6 is 0 Å². The van der Waals surface area contributed by atoms with E-state index in [9.17, 15) is 25.2 Å². The van der Waals surface area contributed by atoms with E-state index in [0.29, 0.717) is 12.8 Å². The zero-order valence-electron chi connectivity index (χ0n) is 15.9. The summed E-state index contributed by atoms with van der Waals surface area (Å²) in [6, 6.07) is 0. The predicted molar refractivity (Wildman–Crippen MR) is 95.5 cm³/mol. The van der Waals surface area contributed by atoms with Crippen LogP contribution in [-0.4, -0.2) is 76.9 Å². The van der Waals surface area contributed by atoms with Crippen molar-refractivity contribution in [3.05, 3.63) is 12.2 Å². The number of rotatable bonds is 8. The van der Waals surface area contributed by atoms with Crippen LogP contribution in [0.3, 0.4) is 0 Å². The molecule has 156 valence electrons. The first-order valence-electron chi connectivity index (χ1n) is 9.60. The molecule has 8 atom stereocenters. The molecule has 1 aliphatic heterocycles. The molecule has 1 saturated heterocycles. The third kappa shape index (κ3) is 5.49. The van der Waals surface area contributed by atoms with E-state index in [2.05, 4.69) is 12.2 Å². The highest BCUT2D eigenvalue weighted by molar-refractivity contribution is 5.69. The number of aliphatic hydroxyl groups is 4. The number of methoxy groups -OCH3 is 1. The number of hydrogen-bond acceptors (Lipinski definition) is 8. The smallest absolute Gasteiger partial charge is 0.305 e. The van der Waals surface area contributed by atoms with Crippen LogP contribution in [0.5, 0.6) is 0 Å². The van der Waals surface area contributed by atoms with Crippen molar-refractivity contribution in [1.82, 2.24) is 0 Å². The van der Waals surface area contributed by atoms with Crippen LogP contribution in [0.25, 0.3) is 0 Å². The van der Waals surface area contributed by atoms with E-state index in [0.717, 1.165) is 19.3 Å². The Morgan fingerprint density at radius 2 is 1.89 bits per heavy atom. The summed E-state index contributed by atoms with van der Waals surface area (Å²) >= 11 is 0. The average Bonchev–Trinajstić information content (AvgIpc) is 3.03. The van der Waals surface area contributed by atoms with Gasteiger partial charge in [-0.25, -0.2) is 0 Å². The fourth-order valence-electron chi connectivity index (χ4n) is 3.95. The Hall–Kier alpha value is -1.03. The Kier molecular flexibility index (Phi) is 8.65. The van der Waals surface area contributed by atoms with Gasteiger partial charge in [-0.2, -0.15) is 0 Å². The monoisotopic (exact) mass is 388 g/mol. The highest BCUT2D eigenvalue weighted by Gasteiger charge is 2.47. The van der Waals surface area contributed by atoms with Gasteiger partial charge in [0.25, 0.3) is 0 Å². The molecule has 8 nitrogen and oxygen atoms in total. The fourth-order valence-corrected chi connectivity index (χ4v) is 3.95. The Morgan fingerprint density at radius 3 is 2.52 bits per heavy atom. The van der Waals surface area contributed by atoms with Crippen molar-refractivity contribution in [2.45, 2.75) is 75.8 Å². The molecule has 2 aliphatic rings. The van der Waals surface area contributed by atoms with Crippen LogP contribution in [0.15, 0.2) is 12.2 Å². The molecule has 8 heteroatoms. The van der Waals surface area contributed by atoms with Crippen molar-refractivity contribution < 1.29 is 39.4 Å².